The molecule has 0 saturated carbocycles. The number of primary amides is 1. The first-order valence-corrected chi connectivity index (χ1v) is 10.6. The summed E-state index contributed by atoms with van der Waals surface area (Å²) in [5.74, 6) is -0.224. The van der Waals surface area contributed by atoms with Crippen LogP contribution in [0.4, 0.5) is 0 Å². The zero-order chi connectivity index (χ0) is 18.8. The van der Waals surface area contributed by atoms with Gasteiger partial charge in [0.25, 0.3) is 0 Å². The highest BCUT2D eigenvalue weighted by atomic mass is 35.5. The number of nitrogens with zero attached hydrogens (tertiary/aromatic N) is 2. The lowest BCUT2D eigenvalue weighted by Crippen LogP contribution is -2.48. The molecule has 0 radical (unpaired) electrons. The summed E-state index contributed by atoms with van der Waals surface area (Å²) < 4.78 is 0. The number of carbonyl (C=O) groups excluding carboxylic acids is 1. The molecule has 4 rings (SSSR count). The summed E-state index contributed by atoms with van der Waals surface area (Å²) in [6.07, 6.45) is 1.43. The van der Waals surface area contributed by atoms with E-state index >= 15 is 0 Å². The topological polar surface area (TPSA) is 49.6 Å². The van der Waals surface area contributed by atoms with Crippen molar-refractivity contribution in [3.05, 3.63) is 58.6 Å². The first-order chi connectivity index (χ1) is 13.1. The minimum absolute atomic E-state index is 0.224. The van der Waals surface area contributed by atoms with E-state index in [1.165, 1.54) is 20.9 Å². The molecule has 4 nitrogen and oxygen atoms in total. The van der Waals surface area contributed by atoms with Crippen molar-refractivity contribution < 1.29 is 4.79 Å². The number of halogens is 1. The Morgan fingerprint density at radius 2 is 1.89 bits per heavy atom. The molecule has 2 aromatic rings. The van der Waals surface area contributed by atoms with Crippen LogP contribution in [0.2, 0.25) is 5.02 Å². The van der Waals surface area contributed by atoms with Crippen LogP contribution in [0, 0.1) is 0 Å². The maximum Gasteiger partial charge on any atom is 0.218 e. The van der Waals surface area contributed by atoms with Crippen LogP contribution in [0.5, 0.6) is 0 Å². The third kappa shape index (κ3) is 4.32. The molecule has 6 heteroatoms. The van der Waals surface area contributed by atoms with Gasteiger partial charge in [-0.1, -0.05) is 41.6 Å². The Morgan fingerprint density at radius 3 is 2.67 bits per heavy atom. The standard InChI is InChI=1S/C21H24ClN3OS/c22-16-5-6-20-17(14-16)18(13-15-3-1-2-4-19(15)27-20)25-11-9-24(10-12-25)8-7-21(23)26/h1-6,14,18H,7-13H2,(H2,23,26)/t18-/m1/s1. The van der Waals surface area contributed by atoms with Gasteiger partial charge >= 0.3 is 0 Å². The van der Waals surface area contributed by atoms with Crippen molar-refractivity contribution in [2.24, 2.45) is 5.73 Å². The fourth-order valence-electron chi connectivity index (χ4n) is 3.97. The van der Waals surface area contributed by atoms with E-state index in [9.17, 15) is 4.79 Å². The summed E-state index contributed by atoms with van der Waals surface area (Å²) in [5, 5.41) is 0.797. The van der Waals surface area contributed by atoms with Gasteiger partial charge in [-0.3, -0.25) is 9.69 Å². The predicted octanol–water partition coefficient (Wildman–Crippen LogP) is 3.58. The lowest BCUT2D eigenvalue weighted by Gasteiger charge is -2.39. The minimum Gasteiger partial charge on any atom is -0.370 e. The number of piperazine rings is 1. The molecule has 27 heavy (non-hydrogen) atoms. The Kier molecular flexibility index (Phi) is 5.74. The predicted molar refractivity (Wildman–Crippen MR) is 110 cm³/mol. The van der Waals surface area contributed by atoms with Crippen molar-refractivity contribution in [3.8, 4) is 0 Å². The van der Waals surface area contributed by atoms with Crippen molar-refractivity contribution in [1.29, 1.82) is 0 Å². The van der Waals surface area contributed by atoms with Crippen LogP contribution in [0.1, 0.15) is 23.6 Å². The normalized spacial score (nSPS) is 20.6. The van der Waals surface area contributed by atoms with Gasteiger partial charge in [0.1, 0.15) is 0 Å². The molecule has 0 aliphatic carbocycles. The Labute approximate surface area is 169 Å². The number of benzene rings is 2. The van der Waals surface area contributed by atoms with Gasteiger partial charge in [-0.15, -0.1) is 0 Å². The smallest absolute Gasteiger partial charge is 0.218 e. The number of fused-ring (bicyclic) bond motifs is 2. The van der Waals surface area contributed by atoms with Gasteiger partial charge in [-0.2, -0.15) is 0 Å². The monoisotopic (exact) mass is 401 g/mol. The van der Waals surface area contributed by atoms with Crippen LogP contribution in [0.25, 0.3) is 0 Å². The number of nitrogens with two attached hydrogens (primary N) is 1. The summed E-state index contributed by atoms with van der Waals surface area (Å²) in [6, 6.07) is 15.3. The van der Waals surface area contributed by atoms with Gasteiger partial charge in [0.05, 0.1) is 0 Å². The van der Waals surface area contributed by atoms with Crippen molar-refractivity contribution in [1.82, 2.24) is 9.80 Å². The molecule has 2 heterocycles. The zero-order valence-corrected chi connectivity index (χ0v) is 16.8. The molecule has 1 saturated heterocycles. The molecule has 0 unspecified atom stereocenters. The lowest BCUT2D eigenvalue weighted by molar-refractivity contribution is -0.118. The van der Waals surface area contributed by atoms with E-state index in [0.29, 0.717) is 12.5 Å². The summed E-state index contributed by atoms with van der Waals surface area (Å²) in [4.78, 5) is 18.6. The molecule has 2 N–H and O–H groups in total. The van der Waals surface area contributed by atoms with E-state index in [1.807, 2.05) is 17.8 Å². The van der Waals surface area contributed by atoms with Gasteiger partial charge in [-0.05, 0) is 41.8 Å². The Hall–Kier alpha value is -1.53. The summed E-state index contributed by atoms with van der Waals surface area (Å²) in [7, 11) is 0. The molecule has 0 spiro atoms. The van der Waals surface area contributed by atoms with Crippen LogP contribution in [-0.2, 0) is 11.2 Å². The highest BCUT2D eigenvalue weighted by molar-refractivity contribution is 7.99. The number of hydrogen-bond acceptors (Lipinski definition) is 4. The van der Waals surface area contributed by atoms with Crippen molar-refractivity contribution >= 4 is 29.3 Å². The Morgan fingerprint density at radius 1 is 1.11 bits per heavy atom. The number of rotatable bonds is 4. The lowest BCUT2D eigenvalue weighted by atomic mass is 9.96. The largest absolute Gasteiger partial charge is 0.370 e. The number of carbonyl (C=O) groups is 1. The molecule has 0 bridgehead atoms. The van der Waals surface area contributed by atoms with E-state index in [2.05, 4.69) is 46.2 Å². The van der Waals surface area contributed by atoms with E-state index < -0.39 is 0 Å². The average molecular weight is 402 g/mol. The second-order valence-corrected chi connectivity index (χ2v) is 8.73. The highest BCUT2D eigenvalue weighted by Gasteiger charge is 2.30. The first kappa shape index (κ1) is 18.8. The maximum atomic E-state index is 11.0. The van der Waals surface area contributed by atoms with E-state index in [0.717, 1.165) is 44.2 Å². The van der Waals surface area contributed by atoms with Gasteiger partial charge in [0.2, 0.25) is 5.91 Å². The average Bonchev–Trinajstić information content (AvgIpc) is 2.83. The van der Waals surface area contributed by atoms with Crippen molar-refractivity contribution in [3.63, 3.8) is 0 Å². The molecular weight excluding hydrogens is 378 g/mol. The molecule has 142 valence electrons. The van der Waals surface area contributed by atoms with Gasteiger partial charge in [0, 0.05) is 60.0 Å². The highest BCUT2D eigenvalue weighted by Crippen LogP contribution is 2.43. The quantitative estimate of drug-likeness (QED) is 0.850. The van der Waals surface area contributed by atoms with Crippen molar-refractivity contribution in [2.75, 3.05) is 32.7 Å². The molecule has 2 aromatic carbocycles. The first-order valence-electron chi connectivity index (χ1n) is 9.40. The number of amides is 1. The number of hydrogen-bond donors (Lipinski definition) is 1. The fraction of sp³-hybridized carbons (Fsp3) is 0.381. The molecule has 0 aromatic heterocycles. The zero-order valence-electron chi connectivity index (χ0n) is 15.2. The molecule has 1 fully saturated rings. The summed E-state index contributed by atoms with van der Waals surface area (Å²) in [5.41, 5.74) is 8.02. The van der Waals surface area contributed by atoms with Crippen molar-refractivity contribution in [2.45, 2.75) is 28.7 Å². The molecule has 2 aliphatic heterocycles. The van der Waals surface area contributed by atoms with Crippen LogP contribution in [-0.4, -0.2) is 48.4 Å². The van der Waals surface area contributed by atoms with E-state index in [1.54, 1.807) is 0 Å². The summed E-state index contributed by atoms with van der Waals surface area (Å²) >= 11 is 8.20. The van der Waals surface area contributed by atoms with Gasteiger partial charge < -0.3 is 10.6 Å². The third-order valence-electron chi connectivity index (χ3n) is 5.46. The second kappa shape index (κ2) is 8.23. The Balaban J connectivity index is 1.57. The molecule has 1 atom stereocenters. The van der Waals surface area contributed by atoms with E-state index in [4.69, 9.17) is 17.3 Å². The Bertz CT molecular complexity index is 836. The third-order valence-corrected chi connectivity index (χ3v) is 6.90. The minimum atomic E-state index is -0.224. The van der Waals surface area contributed by atoms with Crippen LogP contribution in [0.3, 0.4) is 0 Å². The SMILES string of the molecule is NC(=O)CCN1CCN([C@@H]2Cc3ccccc3Sc3ccc(Cl)cc32)CC1. The van der Waals surface area contributed by atoms with Crippen LogP contribution < -0.4 is 5.73 Å². The van der Waals surface area contributed by atoms with Crippen LogP contribution in [0.15, 0.2) is 52.3 Å². The molecule has 2 aliphatic rings. The second-order valence-electron chi connectivity index (χ2n) is 7.21. The van der Waals surface area contributed by atoms with E-state index in [-0.39, 0.29) is 5.91 Å². The van der Waals surface area contributed by atoms with Gasteiger partial charge in [0.15, 0.2) is 0 Å². The van der Waals surface area contributed by atoms with Crippen LogP contribution >= 0.6 is 23.4 Å². The summed E-state index contributed by atoms with van der Waals surface area (Å²) in [6.45, 7) is 4.67. The fourth-order valence-corrected chi connectivity index (χ4v) is 5.27. The molecule has 1 amide bonds. The van der Waals surface area contributed by atoms with Gasteiger partial charge in [-0.25, -0.2) is 0 Å². The maximum absolute atomic E-state index is 11.0. The molecular formula is C21H24ClN3OS.